The lowest BCUT2D eigenvalue weighted by Crippen LogP contribution is -2.57. The minimum absolute atomic E-state index is 0.0439. The quantitative estimate of drug-likeness (QED) is 0.738. The Kier molecular flexibility index (Phi) is 3.35. The van der Waals surface area contributed by atoms with Crippen LogP contribution in [-0.2, 0) is 19.1 Å². The Hall–Kier alpha value is -1.14. The molecule has 1 unspecified atom stereocenters. The van der Waals surface area contributed by atoms with Gasteiger partial charge in [-0.3, -0.25) is 9.59 Å². The molecule has 2 heterocycles. The molecule has 0 radical (unpaired) electrons. The van der Waals surface area contributed by atoms with E-state index in [9.17, 15) is 9.59 Å². The molecule has 0 saturated carbocycles. The van der Waals surface area contributed by atoms with Gasteiger partial charge in [0, 0.05) is 13.1 Å². The molecular weight excluding hydrogens is 226 g/mol. The smallest absolute Gasteiger partial charge is 0.306 e. The van der Waals surface area contributed by atoms with Gasteiger partial charge in [-0.2, -0.15) is 0 Å². The number of aliphatic carboxylic acids is 1. The van der Waals surface area contributed by atoms with Gasteiger partial charge in [0.2, 0.25) is 5.91 Å². The van der Waals surface area contributed by atoms with Crippen LogP contribution < -0.4 is 0 Å². The topological polar surface area (TPSA) is 76.1 Å². The van der Waals surface area contributed by atoms with E-state index in [-0.39, 0.29) is 12.3 Å². The van der Waals surface area contributed by atoms with E-state index in [2.05, 4.69) is 0 Å². The van der Waals surface area contributed by atoms with Crippen LogP contribution in [0, 0.1) is 5.41 Å². The highest BCUT2D eigenvalue weighted by Crippen LogP contribution is 2.29. The molecule has 1 atom stereocenters. The summed E-state index contributed by atoms with van der Waals surface area (Å²) in [5, 5.41) is 8.70. The maximum absolute atomic E-state index is 12.2. The lowest BCUT2D eigenvalue weighted by atomic mass is 9.86. The van der Waals surface area contributed by atoms with Crippen LogP contribution in [-0.4, -0.2) is 60.9 Å². The van der Waals surface area contributed by atoms with Crippen molar-refractivity contribution in [1.82, 2.24) is 4.90 Å². The average molecular weight is 243 g/mol. The predicted molar refractivity (Wildman–Crippen MR) is 57.5 cm³/mol. The highest BCUT2D eigenvalue weighted by atomic mass is 16.5. The van der Waals surface area contributed by atoms with Crippen LogP contribution in [0.4, 0.5) is 0 Å². The molecule has 2 fully saturated rings. The molecule has 17 heavy (non-hydrogen) atoms. The molecule has 0 bridgehead atoms. The summed E-state index contributed by atoms with van der Waals surface area (Å²) in [5.74, 6) is -0.857. The Bertz CT molecular complexity index is 326. The lowest BCUT2D eigenvalue weighted by molar-refractivity contribution is -0.176. The highest BCUT2D eigenvalue weighted by molar-refractivity contribution is 5.83. The summed E-state index contributed by atoms with van der Waals surface area (Å²) in [6, 6.07) is 0. The predicted octanol–water partition coefficient (Wildman–Crippen LogP) is -0.275. The molecule has 0 aromatic rings. The Balaban J connectivity index is 1.92. The van der Waals surface area contributed by atoms with Gasteiger partial charge in [0.15, 0.2) is 0 Å². The Morgan fingerprint density at radius 3 is 2.71 bits per heavy atom. The molecule has 96 valence electrons. The lowest BCUT2D eigenvalue weighted by Gasteiger charge is -2.42. The van der Waals surface area contributed by atoms with Crippen molar-refractivity contribution >= 4 is 11.9 Å². The molecule has 6 nitrogen and oxygen atoms in total. The van der Waals surface area contributed by atoms with Crippen molar-refractivity contribution in [2.75, 3.05) is 32.9 Å². The third-order valence-electron chi connectivity index (χ3n) is 3.19. The number of hydrogen-bond acceptors (Lipinski definition) is 4. The zero-order valence-corrected chi connectivity index (χ0v) is 9.85. The average Bonchev–Trinajstić information content (AvgIpc) is 2.24. The van der Waals surface area contributed by atoms with Gasteiger partial charge < -0.3 is 19.5 Å². The molecule has 0 spiro atoms. The van der Waals surface area contributed by atoms with E-state index in [1.165, 1.54) is 0 Å². The third kappa shape index (κ3) is 2.58. The summed E-state index contributed by atoms with van der Waals surface area (Å²) in [4.78, 5) is 24.5. The van der Waals surface area contributed by atoms with Crippen molar-refractivity contribution in [2.45, 2.75) is 19.4 Å². The second-order valence-corrected chi connectivity index (χ2v) is 4.90. The minimum Gasteiger partial charge on any atom is -0.481 e. The zero-order chi connectivity index (χ0) is 12.5. The summed E-state index contributed by atoms with van der Waals surface area (Å²) in [7, 11) is 0. The van der Waals surface area contributed by atoms with E-state index in [0.29, 0.717) is 32.9 Å². The van der Waals surface area contributed by atoms with E-state index in [4.69, 9.17) is 14.6 Å². The summed E-state index contributed by atoms with van der Waals surface area (Å²) in [6.07, 6.45) is -0.452. The number of hydrogen-bond donors (Lipinski definition) is 1. The second kappa shape index (κ2) is 4.62. The van der Waals surface area contributed by atoms with Gasteiger partial charge in [0.25, 0.3) is 0 Å². The molecular formula is C11H17NO5. The number of amides is 1. The summed E-state index contributed by atoms with van der Waals surface area (Å²) in [6.45, 7) is 4.08. The molecule has 2 aliphatic rings. The first-order chi connectivity index (χ1) is 8.01. The molecule has 0 aliphatic carbocycles. The van der Waals surface area contributed by atoms with Crippen molar-refractivity contribution in [3.8, 4) is 0 Å². The van der Waals surface area contributed by atoms with Crippen LogP contribution in [0.15, 0.2) is 0 Å². The van der Waals surface area contributed by atoms with E-state index in [1.807, 2.05) is 6.92 Å². The monoisotopic (exact) mass is 243 g/mol. The first-order valence-corrected chi connectivity index (χ1v) is 5.72. The molecule has 1 amide bonds. The normalized spacial score (nSPS) is 27.4. The van der Waals surface area contributed by atoms with Crippen LogP contribution in [0.2, 0.25) is 0 Å². The summed E-state index contributed by atoms with van der Waals surface area (Å²) >= 11 is 0. The first-order valence-electron chi connectivity index (χ1n) is 5.72. The Morgan fingerprint density at radius 2 is 2.18 bits per heavy atom. The molecule has 2 aliphatic heterocycles. The number of ether oxygens (including phenoxy) is 2. The number of nitrogens with zero attached hydrogens (tertiary/aromatic N) is 1. The minimum atomic E-state index is -0.900. The second-order valence-electron chi connectivity index (χ2n) is 4.90. The number of carbonyl (C=O) groups excluding carboxylic acids is 1. The number of carbonyl (C=O) groups is 2. The van der Waals surface area contributed by atoms with Gasteiger partial charge in [-0.1, -0.05) is 0 Å². The molecule has 2 rings (SSSR count). The third-order valence-corrected chi connectivity index (χ3v) is 3.19. The van der Waals surface area contributed by atoms with Gasteiger partial charge in [-0.25, -0.2) is 0 Å². The van der Waals surface area contributed by atoms with Gasteiger partial charge in [-0.15, -0.1) is 0 Å². The van der Waals surface area contributed by atoms with Crippen molar-refractivity contribution in [2.24, 2.45) is 5.41 Å². The molecule has 2 saturated heterocycles. The van der Waals surface area contributed by atoms with Crippen LogP contribution in [0.3, 0.4) is 0 Å². The van der Waals surface area contributed by atoms with Crippen molar-refractivity contribution in [1.29, 1.82) is 0 Å². The maximum Gasteiger partial charge on any atom is 0.306 e. The van der Waals surface area contributed by atoms with Gasteiger partial charge in [0.1, 0.15) is 0 Å². The molecule has 1 N–H and O–H groups in total. The van der Waals surface area contributed by atoms with Crippen LogP contribution in [0.25, 0.3) is 0 Å². The highest BCUT2D eigenvalue weighted by Gasteiger charge is 2.44. The molecule has 0 aromatic heterocycles. The molecule has 6 heteroatoms. The fourth-order valence-electron chi connectivity index (χ4n) is 2.14. The number of morpholine rings is 1. The fourth-order valence-corrected chi connectivity index (χ4v) is 2.14. The van der Waals surface area contributed by atoms with Gasteiger partial charge in [-0.05, 0) is 6.92 Å². The fraction of sp³-hybridized carbons (Fsp3) is 0.818. The van der Waals surface area contributed by atoms with E-state index < -0.39 is 17.5 Å². The van der Waals surface area contributed by atoms with E-state index >= 15 is 0 Å². The van der Waals surface area contributed by atoms with Crippen LogP contribution in [0.1, 0.15) is 13.3 Å². The standard InChI is InChI=1S/C11H17NO5/c1-11(6-16-7-11)10(15)12-2-3-17-8(5-12)4-9(13)14/h8H,2-7H2,1H3,(H,13,14). The van der Waals surface area contributed by atoms with Crippen molar-refractivity contribution in [3.63, 3.8) is 0 Å². The Labute approximate surface area is 99.5 Å². The number of carboxylic acid groups (broad SMARTS) is 1. The zero-order valence-electron chi connectivity index (χ0n) is 9.85. The number of rotatable bonds is 3. The van der Waals surface area contributed by atoms with Crippen LogP contribution >= 0.6 is 0 Å². The number of carboxylic acids is 1. The van der Waals surface area contributed by atoms with E-state index in [1.54, 1.807) is 4.90 Å². The van der Waals surface area contributed by atoms with Gasteiger partial charge in [0.05, 0.1) is 37.8 Å². The molecule has 0 aromatic carbocycles. The summed E-state index contributed by atoms with van der Waals surface area (Å²) in [5.41, 5.74) is -0.425. The summed E-state index contributed by atoms with van der Waals surface area (Å²) < 4.78 is 10.4. The largest absolute Gasteiger partial charge is 0.481 e. The van der Waals surface area contributed by atoms with Crippen LogP contribution in [0.5, 0.6) is 0 Å². The Morgan fingerprint density at radius 1 is 1.47 bits per heavy atom. The van der Waals surface area contributed by atoms with E-state index in [0.717, 1.165) is 0 Å². The van der Waals surface area contributed by atoms with Gasteiger partial charge >= 0.3 is 5.97 Å². The van der Waals surface area contributed by atoms with Crippen molar-refractivity contribution < 1.29 is 24.2 Å². The first kappa shape index (κ1) is 12.3. The van der Waals surface area contributed by atoms with Crippen molar-refractivity contribution in [3.05, 3.63) is 0 Å². The maximum atomic E-state index is 12.2. The SMILES string of the molecule is CC1(C(=O)N2CCOC(CC(=O)O)C2)COC1.